The van der Waals surface area contributed by atoms with E-state index in [9.17, 15) is 4.39 Å². The summed E-state index contributed by atoms with van der Waals surface area (Å²) in [7, 11) is 0. The van der Waals surface area contributed by atoms with Crippen molar-refractivity contribution in [2.24, 2.45) is 0 Å². The number of nitrogens with one attached hydrogen (secondary N) is 2. The summed E-state index contributed by atoms with van der Waals surface area (Å²) in [6, 6.07) is 8.77. The number of piperazine rings is 1. The number of rotatable bonds is 8. The van der Waals surface area contributed by atoms with Crippen molar-refractivity contribution in [3.63, 3.8) is 0 Å². The minimum absolute atomic E-state index is 0.151. The number of anilines is 3. The Morgan fingerprint density at radius 2 is 1.95 bits per heavy atom. The first kappa shape index (κ1) is 24.4. The maximum atomic E-state index is 14.9. The molecular formula is C25H31FN10O2. The third kappa shape index (κ3) is 5.34. The van der Waals surface area contributed by atoms with Crippen LogP contribution in [0, 0.1) is 5.82 Å². The second kappa shape index (κ2) is 10.8. The number of ether oxygens (including phenoxy) is 1. The van der Waals surface area contributed by atoms with Gasteiger partial charge in [0.15, 0.2) is 5.76 Å². The van der Waals surface area contributed by atoms with Crippen LogP contribution in [0.25, 0.3) is 17.4 Å². The normalized spacial score (nSPS) is 17.2. The monoisotopic (exact) mass is 522 g/mol. The van der Waals surface area contributed by atoms with Gasteiger partial charge in [-0.15, -0.1) is 5.10 Å². The molecule has 0 radical (unpaired) electrons. The third-order valence-corrected chi connectivity index (χ3v) is 6.91. The predicted octanol–water partition coefficient (Wildman–Crippen LogP) is 1.87. The van der Waals surface area contributed by atoms with Crippen molar-refractivity contribution in [3.05, 3.63) is 42.4 Å². The molecule has 5 heterocycles. The molecule has 0 spiro atoms. The second-order valence-corrected chi connectivity index (χ2v) is 9.47. The van der Waals surface area contributed by atoms with Crippen molar-refractivity contribution < 1.29 is 13.5 Å². The molecule has 13 heteroatoms. The van der Waals surface area contributed by atoms with Gasteiger partial charge in [0.05, 0.1) is 12.0 Å². The minimum atomic E-state index is -0.236. The molecule has 6 rings (SSSR count). The number of benzene rings is 1. The van der Waals surface area contributed by atoms with Gasteiger partial charge in [-0.2, -0.15) is 19.5 Å². The topological polar surface area (TPSA) is 135 Å². The minimum Gasteiger partial charge on any atom is -0.490 e. The molecule has 2 fully saturated rings. The van der Waals surface area contributed by atoms with Gasteiger partial charge >= 0.3 is 0 Å². The highest BCUT2D eigenvalue weighted by Crippen LogP contribution is 2.27. The molecule has 2 saturated heterocycles. The Bertz CT molecular complexity index is 1360. The highest BCUT2D eigenvalue weighted by atomic mass is 19.1. The lowest BCUT2D eigenvalue weighted by Crippen LogP contribution is -2.48. The number of furan rings is 1. The van der Waals surface area contributed by atoms with E-state index >= 15 is 0 Å². The van der Waals surface area contributed by atoms with Crippen LogP contribution in [0.2, 0.25) is 0 Å². The Morgan fingerprint density at radius 3 is 2.71 bits per heavy atom. The van der Waals surface area contributed by atoms with E-state index in [1.807, 2.05) is 12.1 Å². The fourth-order valence-corrected chi connectivity index (χ4v) is 4.86. The third-order valence-electron chi connectivity index (χ3n) is 6.91. The Hall–Kier alpha value is -3.97. The van der Waals surface area contributed by atoms with Gasteiger partial charge < -0.3 is 30.4 Å². The molecule has 0 saturated carbocycles. The summed E-state index contributed by atoms with van der Waals surface area (Å²) in [6.45, 7) is 6.45. The maximum Gasteiger partial charge on any atom is 0.259 e. The number of nitrogen functional groups attached to an aromatic ring is 1. The van der Waals surface area contributed by atoms with E-state index in [4.69, 9.17) is 14.9 Å². The Kier molecular flexibility index (Phi) is 6.92. The van der Waals surface area contributed by atoms with Crippen molar-refractivity contribution in [2.75, 3.05) is 68.3 Å². The molecule has 0 aliphatic carbocycles. The lowest BCUT2D eigenvalue weighted by atomic mass is 10.1. The van der Waals surface area contributed by atoms with E-state index in [1.54, 1.807) is 18.4 Å². The van der Waals surface area contributed by atoms with Gasteiger partial charge in [0.1, 0.15) is 17.7 Å². The molecule has 4 aromatic rings. The Labute approximate surface area is 219 Å². The van der Waals surface area contributed by atoms with Gasteiger partial charge in [-0.1, -0.05) is 0 Å². The number of piperidine rings is 1. The zero-order chi connectivity index (χ0) is 25.9. The van der Waals surface area contributed by atoms with Crippen LogP contribution in [0.3, 0.4) is 0 Å². The quantitative estimate of drug-likeness (QED) is 0.313. The first-order chi connectivity index (χ1) is 18.6. The first-order valence-electron chi connectivity index (χ1n) is 12.9. The fraction of sp³-hybridized carbons (Fsp3) is 0.440. The smallest absolute Gasteiger partial charge is 0.259 e. The van der Waals surface area contributed by atoms with Gasteiger partial charge in [-0.3, -0.25) is 4.90 Å². The summed E-state index contributed by atoms with van der Waals surface area (Å²) in [6.07, 6.45) is 3.60. The van der Waals surface area contributed by atoms with Crippen LogP contribution < -0.4 is 26.0 Å². The van der Waals surface area contributed by atoms with Crippen LogP contribution in [0.1, 0.15) is 12.8 Å². The van der Waals surface area contributed by atoms with Crippen LogP contribution >= 0.6 is 0 Å². The maximum absolute atomic E-state index is 14.9. The van der Waals surface area contributed by atoms with E-state index < -0.39 is 0 Å². The molecule has 38 heavy (non-hydrogen) atoms. The Balaban J connectivity index is 0.992. The number of nitrogens with two attached hydrogens (primary N) is 1. The molecule has 2 aliphatic heterocycles. The molecule has 200 valence electrons. The van der Waals surface area contributed by atoms with E-state index in [0.29, 0.717) is 41.3 Å². The van der Waals surface area contributed by atoms with Gasteiger partial charge in [0, 0.05) is 45.3 Å². The SMILES string of the molecule is Nc1nc(NCCN2CCN(c3ccc(OC4CCNCC4)cc3F)CC2)nc2nc(-c3ccco3)nn12. The van der Waals surface area contributed by atoms with Crippen molar-refractivity contribution >= 4 is 23.4 Å². The number of nitrogens with zero attached hydrogens (tertiary/aromatic N) is 7. The summed E-state index contributed by atoms with van der Waals surface area (Å²) in [5, 5.41) is 10.8. The number of hydrogen-bond donors (Lipinski definition) is 3. The van der Waals surface area contributed by atoms with Crippen LogP contribution in [0.15, 0.2) is 41.0 Å². The zero-order valence-corrected chi connectivity index (χ0v) is 21.0. The number of fused-ring (bicyclic) bond motifs is 1. The van der Waals surface area contributed by atoms with Crippen molar-refractivity contribution in [2.45, 2.75) is 18.9 Å². The molecular weight excluding hydrogens is 491 g/mol. The summed E-state index contributed by atoms with van der Waals surface area (Å²) < 4.78 is 27.6. The predicted molar refractivity (Wildman–Crippen MR) is 141 cm³/mol. The average molecular weight is 523 g/mol. The molecule has 12 nitrogen and oxygen atoms in total. The molecule has 0 amide bonds. The average Bonchev–Trinajstić information content (AvgIpc) is 3.61. The summed E-state index contributed by atoms with van der Waals surface area (Å²) in [4.78, 5) is 17.5. The standard InChI is InChI=1S/C25H31FN10O2/c26-19-16-18(38-17-5-7-28-8-6-17)3-4-20(19)35-13-11-34(12-14-35)10-9-29-24-31-23(27)36-25(32-24)30-22(33-36)21-2-1-15-37-21/h1-4,15-17,28H,5-14H2,(H3,27,29,30,31,32,33). The molecule has 0 bridgehead atoms. The van der Waals surface area contributed by atoms with Gasteiger partial charge in [0.25, 0.3) is 5.78 Å². The highest BCUT2D eigenvalue weighted by molar-refractivity contribution is 5.53. The number of aromatic nitrogens is 5. The van der Waals surface area contributed by atoms with Crippen molar-refractivity contribution in [1.82, 2.24) is 34.8 Å². The summed E-state index contributed by atoms with van der Waals surface area (Å²) in [5.41, 5.74) is 6.68. The molecule has 1 aromatic carbocycles. The molecule has 2 aliphatic rings. The molecule has 4 N–H and O–H groups in total. The highest BCUT2D eigenvalue weighted by Gasteiger charge is 2.21. The summed E-state index contributed by atoms with van der Waals surface area (Å²) >= 11 is 0. The molecule has 0 atom stereocenters. The first-order valence-corrected chi connectivity index (χ1v) is 12.9. The lowest BCUT2D eigenvalue weighted by Gasteiger charge is -2.36. The second-order valence-electron chi connectivity index (χ2n) is 9.47. The zero-order valence-electron chi connectivity index (χ0n) is 21.0. The van der Waals surface area contributed by atoms with Gasteiger partial charge in [-0.05, 0) is 50.2 Å². The molecule has 0 unspecified atom stereocenters. The largest absolute Gasteiger partial charge is 0.490 e. The van der Waals surface area contributed by atoms with Crippen LogP contribution in [0.5, 0.6) is 5.75 Å². The van der Waals surface area contributed by atoms with Gasteiger partial charge in [-0.25, -0.2) is 4.39 Å². The van der Waals surface area contributed by atoms with E-state index in [-0.39, 0.29) is 17.9 Å². The number of hydrogen-bond acceptors (Lipinski definition) is 11. The van der Waals surface area contributed by atoms with Crippen molar-refractivity contribution in [3.8, 4) is 17.3 Å². The fourth-order valence-electron chi connectivity index (χ4n) is 4.86. The van der Waals surface area contributed by atoms with Crippen LogP contribution in [0.4, 0.5) is 22.0 Å². The summed E-state index contributed by atoms with van der Waals surface area (Å²) in [5.74, 6) is 2.21. The van der Waals surface area contributed by atoms with Crippen molar-refractivity contribution in [1.29, 1.82) is 0 Å². The Morgan fingerprint density at radius 1 is 1.11 bits per heavy atom. The van der Waals surface area contributed by atoms with E-state index in [0.717, 1.165) is 58.7 Å². The number of halogens is 1. The van der Waals surface area contributed by atoms with Gasteiger partial charge in [0.2, 0.25) is 17.7 Å². The van der Waals surface area contributed by atoms with Crippen LogP contribution in [-0.4, -0.2) is 87.9 Å². The van der Waals surface area contributed by atoms with E-state index in [2.05, 4.69) is 40.5 Å². The molecule has 3 aromatic heterocycles. The lowest BCUT2D eigenvalue weighted by molar-refractivity contribution is 0.162. The van der Waals surface area contributed by atoms with Crippen LogP contribution in [-0.2, 0) is 0 Å². The van der Waals surface area contributed by atoms with E-state index in [1.165, 1.54) is 10.6 Å².